The Labute approximate surface area is 118 Å². The molecular formula is C15H32N2O2. The van der Waals surface area contributed by atoms with Crippen molar-refractivity contribution in [1.29, 1.82) is 0 Å². The minimum Gasteiger partial charge on any atom is -0.544 e. The Morgan fingerprint density at radius 2 is 1.63 bits per heavy atom. The first-order chi connectivity index (χ1) is 8.75. The molecule has 4 heteroatoms. The van der Waals surface area contributed by atoms with Gasteiger partial charge in [-0.2, -0.15) is 0 Å². The number of aliphatic carboxylic acids is 1. The van der Waals surface area contributed by atoms with E-state index in [-0.39, 0.29) is 0 Å². The molecule has 0 aromatic carbocycles. The van der Waals surface area contributed by atoms with E-state index in [1.165, 1.54) is 19.3 Å². The average molecular weight is 272 g/mol. The number of hydrogen-bond acceptors (Lipinski definition) is 3. The zero-order chi connectivity index (χ0) is 14.9. The molecule has 0 saturated carbocycles. The Morgan fingerprint density at radius 3 is 2.11 bits per heavy atom. The van der Waals surface area contributed by atoms with Gasteiger partial charge in [-0.3, -0.25) is 0 Å². The Hall–Kier alpha value is -0.610. The van der Waals surface area contributed by atoms with Gasteiger partial charge in [-0.1, -0.05) is 19.8 Å². The molecule has 0 heterocycles. The summed E-state index contributed by atoms with van der Waals surface area (Å²) in [7, 11) is 3.93. The number of nitrogens with zero attached hydrogens (tertiary/aromatic N) is 1. The van der Waals surface area contributed by atoms with Gasteiger partial charge < -0.3 is 19.7 Å². The maximum Gasteiger partial charge on any atom is 0.133 e. The molecule has 19 heavy (non-hydrogen) atoms. The molecule has 0 fully saturated rings. The fraction of sp³-hybridized carbons (Fsp3) is 0.933. The zero-order valence-electron chi connectivity index (χ0n) is 13.4. The molecule has 0 aliphatic carbocycles. The Balaban J connectivity index is 3.79. The highest BCUT2D eigenvalue weighted by Crippen LogP contribution is 2.20. The van der Waals surface area contributed by atoms with E-state index < -0.39 is 11.5 Å². The standard InChI is InChI=1S/C15H32N2O2/c1-6-7-8-11-16-12-9-10-13-17(4,5)15(2,3)14(18)19/h16H,6-13H2,1-5H3. The number of carboxylic acids is 1. The molecule has 0 atom stereocenters. The van der Waals surface area contributed by atoms with Gasteiger partial charge in [0.15, 0.2) is 0 Å². The molecule has 0 bridgehead atoms. The quantitative estimate of drug-likeness (QED) is 0.453. The lowest BCUT2D eigenvalue weighted by atomic mass is 10.00. The van der Waals surface area contributed by atoms with Crippen LogP contribution in [0.1, 0.15) is 52.9 Å². The fourth-order valence-corrected chi connectivity index (χ4v) is 1.91. The zero-order valence-corrected chi connectivity index (χ0v) is 13.4. The van der Waals surface area contributed by atoms with Crippen LogP contribution in [0.15, 0.2) is 0 Å². The summed E-state index contributed by atoms with van der Waals surface area (Å²) < 4.78 is 0.463. The van der Waals surface area contributed by atoms with E-state index in [0.29, 0.717) is 4.48 Å². The number of hydrogen-bond donors (Lipinski definition) is 1. The molecule has 0 radical (unpaired) electrons. The number of nitrogens with one attached hydrogen (secondary N) is 1. The summed E-state index contributed by atoms with van der Waals surface area (Å²) in [6.45, 7) is 8.67. The van der Waals surface area contributed by atoms with Crippen LogP contribution >= 0.6 is 0 Å². The van der Waals surface area contributed by atoms with Crippen LogP contribution in [0.3, 0.4) is 0 Å². The molecule has 0 rings (SSSR count). The maximum absolute atomic E-state index is 11.2. The smallest absolute Gasteiger partial charge is 0.133 e. The predicted molar refractivity (Wildman–Crippen MR) is 77.7 cm³/mol. The van der Waals surface area contributed by atoms with Gasteiger partial charge in [-0.05, 0) is 46.2 Å². The summed E-state index contributed by atoms with van der Waals surface area (Å²) in [4.78, 5) is 11.2. The predicted octanol–water partition coefficient (Wildman–Crippen LogP) is 1.15. The van der Waals surface area contributed by atoms with Crippen LogP contribution in [0.25, 0.3) is 0 Å². The molecule has 0 aromatic rings. The monoisotopic (exact) mass is 272 g/mol. The lowest BCUT2D eigenvalue weighted by Gasteiger charge is -2.45. The minimum absolute atomic E-state index is 0.463. The lowest BCUT2D eigenvalue weighted by molar-refractivity contribution is -0.930. The van der Waals surface area contributed by atoms with Crippen LogP contribution < -0.4 is 10.4 Å². The molecule has 0 aliphatic heterocycles. The molecule has 0 aliphatic rings. The molecule has 0 aromatic heterocycles. The highest BCUT2D eigenvalue weighted by atomic mass is 16.4. The van der Waals surface area contributed by atoms with Gasteiger partial charge in [-0.25, -0.2) is 0 Å². The van der Waals surface area contributed by atoms with Gasteiger partial charge in [0.05, 0.1) is 20.6 Å². The van der Waals surface area contributed by atoms with E-state index in [1.807, 2.05) is 14.1 Å². The number of carboxylic acid groups (broad SMARTS) is 1. The number of likely N-dealkylation sites (N-methyl/N-ethyl adjacent to an activating group) is 1. The van der Waals surface area contributed by atoms with Gasteiger partial charge in [0, 0.05) is 0 Å². The number of quaternary nitrogens is 1. The molecule has 0 saturated heterocycles. The van der Waals surface area contributed by atoms with Crippen molar-refractivity contribution in [3.63, 3.8) is 0 Å². The van der Waals surface area contributed by atoms with Crippen molar-refractivity contribution in [2.24, 2.45) is 0 Å². The van der Waals surface area contributed by atoms with Gasteiger partial charge >= 0.3 is 0 Å². The van der Waals surface area contributed by atoms with Crippen molar-refractivity contribution >= 4 is 5.97 Å². The summed E-state index contributed by atoms with van der Waals surface area (Å²) in [6, 6.07) is 0. The van der Waals surface area contributed by atoms with Crippen molar-refractivity contribution in [2.45, 2.75) is 58.4 Å². The van der Waals surface area contributed by atoms with Crippen LogP contribution in [0.5, 0.6) is 0 Å². The molecule has 0 spiro atoms. The van der Waals surface area contributed by atoms with Crippen molar-refractivity contribution < 1.29 is 14.4 Å². The summed E-state index contributed by atoms with van der Waals surface area (Å²) in [5.41, 5.74) is -0.839. The van der Waals surface area contributed by atoms with Crippen molar-refractivity contribution in [3.8, 4) is 0 Å². The first-order valence-electron chi connectivity index (χ1n) is 7.51. The topological polar surface area (TPSA) is 52.2 Å². The van der Waals surface area contributed by atoms with E-state index in [0.717, 1.165) is 32.5 Å². The Morgan fingerprint density at radius 1 is 1.11 bits per heavy atom. The molecule has 114 valence electrons. The lowest BCUT2D eigenvalue weighted by Crippen LogP contribution is -2.64. The van der Waals surface area contributed by atoms with Gasteiger partial charge in [-0.15, -0.1) is 0 Å². The molecule has 1 N–H and O–H groups in total. The molecule has 0 amide bonds. The summed E-state index contributed by atoms with van der Waals surface area (Å²) in [6.07, 6.45) is 5.92. The second-order valence-corrected chi connectivity index (χ2v) is 6.42. The first-order valence-corrected chi connectivity index (χ1v) is 7.51. The largest absolute Gasteiger partial charge is 0.544 e. The summed E-state index contributed by atoms with van der Waals surface area (Å²) >= 11 is 0. The number of rotatable bonds is 11. The average Bonchev–Trinajstić information content (AvgIpc) is 2.32. The third-order valence-corrected chi connectivity index (χ3v) is 4.29. The van der Waals surface area contributed by atoms with Crippen LogP contribution in [0, 0.1) is 0 Å². The summed E-state index contributed by atoms with van der Waals surface area (Å²) in [5.74, 6) is -0.977. The van der Waals surface area contributed by atoms with Crippen LogP contribution in [-0.2, 0) is 4.79 Å². The van der Waals surface area contributed by atoms with E-state index in [9.17, 15) is 9.90 Å². The van der Waals surface area contributed by atoms with E-state index in [2.05, 4.69) is 12.2 Å². The Kier molecular flexibility index (Phi) is 8.26. The SMILES string of the molecule is CCCCCNCCCC[N+](C)(C)C(C)(C)C(=O)[O-]. The molecular weight excluding hydrogens is 240 g/mol. The normalized spacial score (nSPS) is 12.7. The van der Waals surface area contributed by atoms with Gasteiger partial charge in [0.25, 0.3) is 0 Å². The van der Waals surface area contributed by atoms with Crippen LogP contribution in [0.2, 0.25) is 0 Å². The maximum atomic E-state index is 11.2. The number of unbranched alkanes of at least 4 members (excludes halogenated alkanes) is 3. The fourth-order valence-electron chi connectivity index (χ4n) is 1.91. The second-order valence-electron chi connectivity index (χ2n) is 6.42. The minimum atomic E-state index is -0.977. The Bertz CT molecular complexity index is 263. The van der Waals surface area contributed by atoms with E-state index in [1.54, 1.807) is 13.8 Å². The summed E-state index contributed by atoms with van der Waals surface area (Å²) in [5, 5.41) is 14.6. The van der Waals surface area contributed by atoms with Gasteiger partial charge in [0.1, 0.15) is 11.5 Å². The van der Waals surface area contributed by atoms with Crippen molar-refractivity contribution in [1.82, 2.24) is 5.32 Å². The van der Waals surface area contributed by atoms with E-state index in [4.69, 9.17) is 0 Å². The third-order valence-electron chi connectivity index (χ3n) is 4.29. The molecule has 4 nitrogen and oxygen atoms in total. The third kappa shape index (κ3) is 6.39. The highest BCUT2D eigenvalue weighted by Gasteiger charge is 2.37. The van der Waals surface area contributed by atoms with Crippen molar-refractivity contribution in [2.75, 3.05) is 33.7 Å². The van der Waals surface area contributed by atoms with E-state index >= 15 is 0 Å². The van der Waals surface area contributed by atoms with Crippen LogP contribution in [0.4, 0.5) is 0 Å². The number of carbonyl (C=O) groups is 1. The second kappa shape index (κ2) is 8.54. The highest BCUT2D eigenvalue weighted by molar-refractivity contribution is 5.73. The molecule has 0 unspecified atom stereocenters. The van der Waals surface area contributed by atoms with Crippen molar-refractivity contribution in [3.05, 3.63) is 0 Å². The van der Waals surface area contributed by atoms with Crippen LogP contribution in [-0.4, -0.2) is 49.7 Å². The number of carbonyl (C=O) groups excluding carboxylic acids is 1. The van der Waals surface area contributed by atoms with Gasteiger partial charge in [0.2, 0.25) is 0 Å². The first kappa shape index (κ1) is 18.4.